The van der Waals surface area contributed by atoms with Crippen LogP contribution in [-0.2, 0) is 23.3 Å². The molecule has 1 unspecified atom stereocenters. The molecule has 0 spiro atoms. The van der Waals surface area contributed by atoms with Gasteiger partial charge < -0.3 is 5.11 Å². The van der Waals surface area contributed by atoms with Crippen molar-refractivity contribution < 1.29 is 13.5 Å². The molecular weight excluding hydrogens is 240 g/mol. The first kappa shape index (κ1) is 14.2. The second kappa shape index (κ2) is 5.18. The van der Waals surface area contributed by atoms with E-state index in [4.69, 9.17) is 0 Å². The average molecular weight is 260 g/mol. The first-order valence-corrected chi connectivity index (χ1v) is 7.61. The van der Waals surface area contributed by atoms with Crippen LogP contribution in [0.25, 0.3) is 0 Å². The van der Waals surface area contributed by atoms with Gasteiger partial charge in [-0.2, -0.15) is 5.10 Å². The lowest BCUT2D eigenvalue weighted by Gasteiger charge is -2.10. The fourth-order valence-electron chi connectivity index (χ4n) is 1.80. The van der Waals surface area contributed by atoms with Crippen LogP contribution < -0.4 is 0 Å². The number of nitrogens with zero attached hydrogens (tertiary/aromatic N) is 2. The lowest BCUT2D eigenvalue weighted by Crippen LogP contribution is -2.17. The van der Waals surface area contributed by atoms with Crippen LogP contribution >= 0.6 is 0 Å². The smallest absolute Gasteiger partial charge is 0.147 e. The number of aliphatic hydroxyl groups excluding tert-OH is 1. The molecule has 0 radical (unpaired) electrons. The molecule has 1 aromatic heterocycles. The van der Waals surface area contributed by atoms with Gasteiger partial charge in [-0.3, -0.25) is 4.68 Å². The molecule has 1 aromatic rings. The summed E-state index contributed by atoms with van der Waals surface area (Å²) in [5.74, 6) is 0.0204. The highest BCUT2D eigenvalue weighted by Crippen LogP contribution is 2.15. The van der Waals surface area contributed by atoms with Crippen LogP contribution in [0.3, 0.4) is 0 Å². The Balaban J connectivity index is 2.65. The molecule has 98 valence electrons. The van der Waals surface area contributed by atoms with Gasteiger partial charge in [-0.25, -0.2) is 8.42 Å². The van der Waals surface area contributed by atoms with Gasteiger partial charge in [0.2, 0.25) is 0 Å². The first-order chi connectivity index (χ1) is 7.70. The molecule has 0 saturated heterocycles. The third-order valence-corrected chi connectivity index (χ3v) is 3.90. The lowest BCUT2D eigenvalue weighted by molar-refractivity contribution is 0.171. The topological polar surface area (TPSA) is 72.2 Å². The molecule has 1 N–H and O–H groups in total. The van der Waals surface area contributed by atoms with Crippen LogP contribution in [-0.4, -0.2) is 41.4 Å². The van der Waals surface area contributed by atoms with Crippen LogP contribution in [0.2, 0.25) is 0 Å². The number of aliphatic hydroxyl groups is 1. The number of hydrogen-bond donors (Lipinski definition) is 1. The van der Waals surface area contributed by atoms with Gasteiger partial charge in [-0.1, -0.05) is 0 Å². The van der Waals surface area contributed by atoms with Crippen molar-refractivity contribution in [1.82, 2.24) is 9.78 Å². The summed E-state index contributed by atoms with van der Waals surface area (Å²) in [7, 11) is -1.15. The van der Waals surface area contributed by atoms with Crippen molar-refractivity contribution in [3.63, 3.8) is 0 Å². The summed E-state index contributed by atoms with van der Waals surface area (Å²) in [6.07, 6.45) is 1.28. The molecule has 0 aromatic carbocycles. The van der Waals surface area contributed by atoms with Crippen molar-refractivity contribution in [2.75, 3.05) is 12.0 Å². The van der Waals surface area contributed by atoms with E-state index in [1.54, 1.807) is 4.68 Å². The van der Waals surface area contributed by atoms with Crippen molar-refractivity contribution in [3.8, 4) is 0 Å². The fraction of sp³-hybridized carbons (Fsp3) is 0.727. The molecule has 17 heavy (non-hydrogen) atoms. The van der Waals surface area contributed by atoms with E-state index in [9.17, 15) is 13.5 Å². The van der Waals surface area contributed by atoms with Crippen LogP contribution in [0.5, 0.6) is 0 Å². The first-order valence-electron chi connectivity index (χ1n) is 5.55. The van der Waals surface area contributed by atoms with E-state index in [-0.39, 0.29) is 12.2 Å². The van der Waals surface area contributed by atoms with Gasteiger partial charge in [0.05, 0.1) is 17.6 Å². The standard InChI is InChI=1S/C11H20N2O3S/c1-8-11(9(2)13(3)12-8)7-10(14)5-6-17(4,15)16/h10,14H,5-7H2,1-4H3. The molecular formula is C11H20N2O3S. The molecule has 0 aliphatic rings. The molecule has 0 aliphatic carbocycles. The van der Waals surface area contributed by atoms with Crippen LogP contribution in [0, 0.1) is 13.8 Å². The summed E-state index contributed by atoms with van der Waals surface area (Å²) in [4.78, 5) is 0. The SMILES string of the molecule is Cc1nn(C)c(C)c1CC(O)CCS(C)(=O)=O. The molecule has 1 rings (SSSR count). The summed E-state index contributed by atoms with van der Waals surface area (Å²) in [5.41, 5.74) is 2.91. The Labute approximate surface area is 102 Å². The summed E-state index contributed by atoms with van der Waals surface area (Å²) >= 11 is 0. The second-order valence-corrected chi connectivity index (χ2v) is 6.81. The zero-order chi connectivity index (χ0) is 13.2. The Kier molecular flexibility index (Phi) is 4.32. The highest BCUT2D eigenvalue weighted by atomic mass is 32.2. The summed E-state index contributed by atoms with van der Waals surface area (Å²) in [6, 6.07) is 0. The van der Waals surface area contributed by atoms with Crippen LogP contribution in [0.4, 0.5) is 0 Å². The van der Waals surface area contributed by atoms with E-state index >= 15 is 0 Å². The van der Waals surface area contributed by atoms with Gasteiger partial charge >= 0.3 is 0 Å². The van der Waals surface area contributed by atoms with E-state index in [1.165, 1.54) is 6.26 Å². The Bertz CT molecular complexity index is 491. The average Bonchev–Trinajstić information content (AvgIpc) is 2.41. The number of aromatic nitrogens is 2. The van der Waals surface area contributed by atoms with Crippen molar-refractivity contribution in [2.24, 2.45) is 7.05 Å². The highest BCUT2D eigenvalue weighted by Gasteiger charge is 2.15. The zero-order valence-corrected chi connectivity index (χ0v) is 11.6. The monoisotopic (exact) mass is 260 g/mol. The highest BCUT2D eigenvalue weighted by molar-refractivity contribution is 7.90. The third-order valence-electron chi connectivity index (χ3n) is 2.92. The van der Waals surface area contributed by atoms with Gasteiger partial charge in [0.1, 0.15) is 9.84 Å². The van der Waals surface area contributed by atoms with Crippen LogP contribution in [0.1, 0.15) is 23.4 Å². The predicted molar refractivity (Wildman–Crippen MR) is 66.7 cm³/mol. The zero-order valence-electron chi connectivity index (χ0n) is 10.8. The van der Waals surface area contributed by atoms with Crippen molar-refractivity contribution in [2.45, 2.75) is 32.8 Å². The molecule has 0 saturated carbocycles. The Morgan fingerprint density at radius 1 is 1.41 bits per heavy atom. The number of rotatable bonds is 5. The van der Waals surface area contributed by atoms with Crippen molar-refractivity contribution in [1.29, 1.82) is 0 Å². The van der Waals surface area contributed by atoms with Crippen molar-refractivity contribution in [3.05, 3.63) is 17.0 Å². The van der Waals surface area contributed by atoms with Gasteiger partial charge in [-0.05, 0) is 25.8 Å². The maximum atomic E-state index is 11.0. The Morgan fingerprint density at radius 2 is 2.00 bits per heavy atom. The second-order valence-electron chi connectivity index (χ2n) is 4.55. The fourth-order valence-corrected chi connectivity index (χ4v) is 2.50. The van der Waals surface area contributed by atoms with Crippen molar-refractivity contribution >= 4 is 9.84 Å². The van der Waals surface area contributed by atoms with E-state index in [1.807, 2.05) is 20.9 Å². The number of hydrogen-bond acceptors (Lipinski definition) is 4. The third kappa shape index (κ3) is 4.12. The van der Waals surface area contributed by atoms with E-state index in [0.29, 0.717) is 6.42 Å². The van der Waals surface area contributed by atoms with Gasteiger partial charge in [-0.15, -0.1) is 0 Å². The maximum Gasteiger partial charge on any atom is 0.147 e. The van der Waals surface area contributed by atoms with Gasteiger partial charge in [0.25, 0.3) is 0 Å². The molecule has 1 atom stereocenters. The quantitative estimate of drug-likeness (QED) is 0.830. The summed E-state index contributed by atoms with van der Waals surface area (Å²) < 4.78 is 23.8. The molecule has 1 heterocycles. The Morgan fingerprint density at radius 3 is 2.41 bits per heavy atom. The van der Waals surface area contributed by atoms with E-state index < -0.39 is 15.9 Å². The number of sulfone groups is 1. The minimum Gasteiger partial charge on any atom is -0.393 e. The predicted octanol–water partition coefficient (Wildman–Crippen LogP) is 0.375. The number of aryl methyl sites for hydroxylation is 2. The molecule has 0 bridgehead atoms. The minimum absolute atomic E-state index is 0.0204. The molecule has 0 amide bonds. The molecule has 6 heteroatoms. The van der Waals surface area contributed by atoms with Crippen LogP contribution in [0.15, 0.2) is 0 Å². The van der Waals surface area contributed by atoms with Gasteiger partial charge in [0.15, 0.2) is 0 Å². The summed E-state index contributed by atoms with van der Waals surface area (Å²) in [6.45, 7) is 3.84. The van der Waals surface area contributed by atoms with Gasteiger partial charge in [0, 0.05) is 25.4 Å². The summed E-state index contributed by atoms with van der Waals surface area (Å²) in [5, 5.41) is 14.1. The molecule has 0 aliphatic heterocycles. The normalized spacial score (nSPS) is 13.9. The van der Waals surface area contributed by atoms with E-state index in [0.717, 1.165) is 17.0 Å². The minimum atomic E-state index is -3.01. The largest absolute Gasteiger partial charge is 0.393 e. The van der Waals surface area contributed by atoms with E-state index in [2.05, 4.69) is 5.10 Å². The molecule has 0 fully saturated rings. The lowest BCUT2D eigenvalue weighted by atomic mass is 10.0. The molecule has 5 nitrogen and oxygen atoms in total. The maximum absolute atomic E-state index is 11.0. The Hall–Kier alpha value is -0.880.